The van der Waals surface area contributed by atoms with Gasteiger partial charge in [0.15, 0.2) is 5.89 Å². The summed E-state index contributed by atoms with van der Waals surface area (Å²) in [5.41, 5.74) is 0. The molecular weight excluding hydrogens is 204 g/mol. The lowest BCUT2D eigenvalue weighted by atomic mass is 10.3. The van der Waals surface area contributed by atoms with Gasteiger partial charge in [0.05, 0.1) is 6.20 Å². The van der Waals surface area contributed by atoms with Crippen LogP contribution in [0.5, 0.6) is 0 Å². The Balaban J connectivity index is 2.17. The van der Waals surface area contributed by atoms with Gasteiger partial charge in [0.2, 0.25) is 0 Å². The second kappa shape index (κ2) is 8.30. The zero-order valence-electron chi connectivity index (χ0n) is 10.3. The molecule has 0 aromatic carbocycles. The smallest absolute Gasteiger partial charge is 0.194 e. The van der Waals surface area contributed by atoms with Gasteiger partial charge in [-0.15, -0.1) is 0 Å². The van der Waals surface area contributed by atoms with Crippen molar-refractivity contribution < 1.29 is 9.15 Å². The third-order valence-electron chi connectivity index (χ3n) is 2.19. The number of rotatable bonds is 9. The number of ether oxygens (including phenoxy) is 1. The van der Waals surface area contributed by atoms with Crippen LogP contribution in [0, 0.1) is 0 Å². The van der Waals surface area contributed by atoms with Gasteiger partial charge in [-0.25, -0.2) is 4.98 Å². The van der Waals surface area contributed by atoms with Gasteiger partial charge in [-0.3, -0.25) is 0 Å². The molecule has 0 saturated heterocycles. The Morgan fingerprint density at radius 2 is 2.31 bits per heavy atom. The summed E-state index contributed by atoms with van der Waals surface area (Å²) in [6, 6.07) is 0. The van der Waals surface area contributed by atoms with Crippen molar-refractivity contribution in [2.45, 2.75) is 39.7 Å². The highest BCUT2D eigenvalue weighted by Crippen LogP contribution is 2.07. The SMILES string of the molecule is CCCOCc1cnc(CCCNCC)o1. The lowest BCUT2D eigenvalue weighted by Gasteiger charge is -1.99. The number of hydrogen-bond acceptors (Lipinski definition) is 4. The number of nitrogens with one attached hydrogen (secondary N) is 1. The molecule has 0 bridgehead atoms. The molecular formula is C12H22N2O2. The number of nitrogens with zero attached hydrogens (tertiary/aromatic N) is 1. The third kappa shape index (κ3) is 5.28. The van der Waals surface area contributed by atoms with Crippen LogP contribution >= 0.6 is 0 Å². The maximum Gasteiger partial charge on any atom is 0.194 e. The lowest BCUT2D eigenvalue weighted by Crippen LogP contribution is -2.14. The van der Waals surface area contributed by atoms with Crippen molar-refractivity contribution in [2.75, 3.05) is 19.7 Å². The second-order valence-corrected chi connectivity index (χ2v) is 3.73. The first-order valence-electron chi connectivity index (χ1n) is 6.08. The molecule has 4 nitrogen and oxygen atoms in total. The van der Waals surface area contributed by atoms with Crippen LogP contribution in [0.2, 0.25) is 0 Å². The lowest BCUT2D eigenvalue weighted by molar-refractivity contribution is 0.106. The fourth-order valence-electron chi connectivity index (χ4n) is 1.39. The predicted octanol–water partition coefficient (Wildman–Crippen LogP) is 2.14. The van der Waals surface area contributed by atoms with Crippen LogP contribution in [0.3, 0.4) is 0 Å². The molecule has 1 rings (SSSR count). The Hall–Kier alpha value is -0.870. The molecule has 0 amide bonds. The Morgan fingerprint density at radius 1 is 1.44 bits per heavy atom. The minimum Gasteiger partial charge on any atom is -0.443 e. The normalized spacial score (nSPS) is 10.9. The molecule has 0 atom stereocenters. The summed E-state index contributed by atoms with van der Waals surface area (Å²) in [6.45, 7) is 7.54. The first-order valence-corrected chi connectivity index (χ1v) is 6.08. The summed E-state index contributed by atoms with van der Waals surface area (Å²) in [4.78, 5) is 4.22. The van der Waals surface area contributed by atoms with Crippen LogP contribution in [0.1, 0.15) is 38.3 Å². The van der Waals surface area contributed by atoms with Crippen molar-refractivity contribution in [2.24, 2.45) is 0 Å². The molecule has 0 aliphatic rings. The van der Waals surface area contributed by atoms with E-state index in [0.29, 0.717) is 6.61 Å². The van der Waals surface area contributed by atoms with Crippen molar-refractivity contribution in [3.05, 3.63) is 17.8 Å². The Labute approximate surface area is 97.4 Å². The average Bonchev–Trinajstić information content (AvgIpc) is 2.73. The van der Waals surface area contributed by atoms with Gasteiger partial charge in [-0.2, -0.15) is 0 Å². The molecule has 1 aromatic heterocycles. The average molecular weight is 226 g/mol. The molecule has 0 radical (unpaired) electrons. The van der Waals surface area contributed by atoms with E-state index in [1.54, 1.807) is 6.20 Å². The van der Waals surface area contributed by atoms with Crippen molar-refractivity contribution in [3.8, 4) is 0 Å². The third-order valence-corrected chi connectivity index (χ3v) is 2.19. The van der Waals surface area contributed by atoms with Crippen molar-refractivity contribution in [1.29, 1.82) is 0 Å². The highest BCUT2D eigenvalue weighted by atomic mass is 16.5. The monoisotopic (exact) mass is 226 g/mol. The maximum atomic E-state index is 5.55. The molecule has 1 N–H and O–H groups in total. The van der Waals surface area contributed by atoms with Gasteiger partial charge < -0.3 is 14.5 Å². The fourth-order valence-corrected chi connectivity index (χ4v) is 1.39. The van der Waals surface area contributed by atoms with Crippen LogP contribution in [0.25, 0.3) is 0 Å². The quantitative estimate of drug-likeness (QED) is 0.655. The van der Waals surface area contributed by atoms with Gasteiger partial charge in [-0.05, 0) is 25.9 Å². The topological polar surface area (TPSA) is 47.3 Å². The predicted molar refractivity (Wildman–Crippen MR) is 63.3 cm³/mol. The molecule has 92 valence electrons. The van der Waals surface area contributed by atoms with Crippen molar-refractivity contribution >= 4 is 0 Å². The molecule has 0 saturated carbocycles. The summed E-state index contributed by atoms with van der Waals surface area (Å²) in [6.07, 6.45) is 4.74. The van der Waals surface area contributed by atoms with Gasteiger partial charge in [-0.1, -0.05) is 13.8 Å². The molecule has 16 heavy (non-hydrogen) atoms. The van der Waals surface area contributed by atoms with E-state index in [-0.39, 0.29) is 0 Å². The zero-order chi connectivity index (χ0) is 11.6. The molecule has 0 fully saturated rings. The molecule has 1 heterocycles. The van der Waals surface area contributed by atoms with Crippen LogP contribution < -0.4 is 5.32 Å². The van der Waals surface area contributed by atoms with E-state index in [4.69, 9.17) is 9.15 Å². The molecule has 4 heteroatoms. The van der Waals surface area contributed by atoms with Gasteiger partial charge in [0.25, 0.3) is 0 Å². The van der Waals surface area contributed by atoms with Crippen LogP contribution in [-0.2, 0) is 17.8 Å². The van der Waals surface area contributed by atoms with Crippen LogP contribution in [0.15, 0.2) is 10.6 Å². The number of aromatic nitrogens is 1. The Morgan fingerprint density at radius 3 is 3.06 bits per heavy atom. The van der Waals surface area contributed by atoms with Gasteiger partial charge in [0.1, 0.15) is 12.4 Å². The summed E-state index contributed by atoms with van der Waals surface area (Å²) < 4.78 is 10.9. The standard InChI is InChI=1S/C12H22N2O2/c1-3-8-15-10-11-9-14-12(16-11)6-5-7-13-4-2/h9,13H,3-8,10H2,1-2H3. The molecule has 1 aromatic rings. The van der Waals surface area contributed by atoms with Crippen LogP contribution in [-0.4, -0.2) is 24.7 Å². The summed E-state index contributed by atoms with van der Waals surface area (Å²) >= 11 is 0. The first kappa shape index (κ1) is 13.2. The number of aryl methyl sites for hydroxylation is 1. The first-order chi connectivity index (χ1) is 7.86. The van der Waals surface area contributed by atoms with E-state index in [1.807, 2.05) is 0 Å². The summed E-state index contributed by atoms with van der Waals surface area (Å²) in [5.74, 6) is 1.64. The summed E-state index contributed by atoms with van der Waals surface area (Å²) in [7, 11) is 0. The van der Waals surface area contributed by atoms with Crippen LogP contribution in [0.4, 0.5) is 0 Å². The van der Waals surface area contributed by atoms with Gasteiger partial charge >= 0.3 is 0 Å². The minimum atomic E-state index is 0.536. The Bertz CT molecular complexity index is 274. The van der Waals surface area contributed by atoms with Crippen molar-refractivity contribution in [1.82, 2.24) is 10.3 Å². The fraction of sp³-hybridized carbons (Fsp3) is 0.750. The number of hydrogen-bond donors (Lipinski definition) is 1. The largest absolute Gasteiger partial charge is 0.443 e. The Kier molecular flexibility index (Phi) is 6.85. The zero-order valence-corrected chi connectivity index (χ0v) is 10.3. The molecule has 0 aliphatic heterocycles. The van der Waals surface area contributed by atoms with Crippen molar-refractivity contribution in [3.63, 3.8) is 0 Å². The van der Waals surface area contributed by atoms with E-state index in [0.717, 1.165) is 50.6 Å². The highest BCUT2D eigenvalue weighted by molar-refractivity contribution is 4.92. The number of oxazole rings is 1. The second-order valence-electron chi connectivity index (χ2n) is 3.73. The summed E-state index contributed by atoms with van der Waals surface area (Å²) in [5, 5.41) is 3.27. The van der Waals surface area contributed by atoms with Gasteiger partial charge in [0, 0.05) is 13.0 Å². The maximum absolute atomic E-state index is 5.55. The minimum absolute atomic E-state index is 0.536. The van der Waals surface area contributed by atoms with E-state index in [2.05, 4.69) is 24.1 Å². The van der Waals surface area contributed by atoms with E-state index in [9.17, 15) is 0 Å². The molecule has 0 spiro atoms. The molecule has 0 unspecified atom stereocenters. The van der Waals surface area contributed by atoms with E-state index in [1.165, 1.54) is 0 Å². The highest BCUT2D eigenvalue weighted by Gasteiger charge is 2.03. The molecule has 0 aliphatic carbocycles. The van der Waals surface area contributed by atoms with E-state index < -0.39 is 0 Å². The van der Waals surface area contributed by atoms with E-state index >= 15 is 0 Å².